The highest BCUT2D eigenvalue weighted by atomic mass is 32.2. The molecule has 4 nitrogen and oxygen atoms in total. The number of rotatable bonds is 6. The molecule has 4 aromatic rings. The smallest absolute Gasteiger partial charge is 0.231 e. The van der Waals surface area contributed by atoms with Gasteiger partial charge in [0.15, 0.2) is 0 Å². The minimum absolute atomic E-state index is 0.0240. The monoisotopic (exact) mass is 419 g/mol. The number of benzene rings is 2. The number of fused-ring (bicyclic) bond motifs is 1. The van der Waals surface area contributed by atoms with Gasteiger partial charge in [-0.1, -0.05) is 72.4 Å². The van der Waals surface area contributed by atoms with Crippen molar-refractivity contribution in [2.75, 3.05) is 5.75 Å². The molecule has 2 aromatic heterocycles. The molecule has 0 saturated heterocycles. The number of amides is 1. The Morgan fingerprint density at radius 2 is 1.62 bits per heavy atom. The molecular weight excluding hydrogens is 398 g/mol. The van der Waals surface area contributed by atoms with Crippen LogP contribution < -0.4 is 5.32 Å². The molecule has 0 saturated carbocycles. The van der Waals surface area contributed by atoms with Crippen molar-refractivity contribution >= 4 is 39.2 Å². The van der Waals surface area contributed by atoms with E-state index in [1.807, 2.05) is 60.7 Å². The van der Waals surface area contributed by atoms with E-state index >= 15 is 0 Å². The second-order valence-electron chi connectivity index (χ2n) is 6.75. The first-order valence-corrected chi connectivity index (χ1v) is 11.2. The van der Waals surface area contributed by atoms with Gasteiger partial charge in [0.1, 0.15) is 16.2 Å². The zero-order chi connectivity index (χ0) is 20.2. The number of hydrogen-bond acceptors (Lipinski definition) is 5. The Morgan fingerprint density at radius 3 is 2.24 bits per heavy atom. The van der Waals surface area contributed by atoms with Crippen LogP contribution in [-0.4, -0.2) is 21.6 Å². The lowest BCUT2D eigenvalue weighted by molar-refractivity contribution is -0.119. The maximum absolute atomic E-state index is 12.8. The molecule has 0 bridgehead atoms. The second kappa shape index (κ2) is 8.76. The minimum atomic E-state index is -0.180. The van der Waals surface area contributed by atoms with Crippen molar-refractivity contribution < 1.29 is 4.79 Å². The van der Waals surface area contributed by atoms with E-state index in [0.29, 0.717) is 5.75 Å². The van der Waals surface area contributed by atoms with Gasteiger partial charge in [-0.3, -0.25) is 4.79 Å². The van der Waals surface area contributed by atoms with Gasteiger partial charge in [0.25, 0.3) is 0 Å². The summed E-state index contributed by atoms with van der Waals surface area (Å²) in [5.41, 5.74) is 3.32. The van der Waals surface area contributed by atoms with Gasteiger partial charge < -0.3 is 5.32 Å². The standard InChI is InChI=1S/C23H21N3OS2/c1-15-16(2)29-23-20(15)22(24-14-25-23)28-13-19(27)26-21(17-9-5-3-6-10-17)18-11-7-4-8-12-18/h3-12,14,21H,13H2,1-2H3,(H,26,27). The molecule has 0 unspecified atom stereocenters. The summed E-state index contributed by atoms with van der Waals surface area (Å²) in [4.78, 5) is 23.8. The fourth-order valence-corrected chi connectivity index (χ4v) is 5.17. The van der Waals surface area contributed by atoms with E-state index in [4.69, 9.17) is 0 Å². The number of aryl methyl sites for hydroxylation is 2. The third kappa shape index (κ3) is 4.33. The van der Waals surface area contributed by atoms with Crippen LogP contribution in [0.15, 0.2) is 72.0 Å². The Kier molecular flexibility index (Phi) is 5.92. The largest absolute Gasteiger partial charge is 0.344 e. The van der Waals surface area contributed by atoms with E-state index in [1.165, 1.54) is 22.2 Å². The summed E-state index contributed by atoms with van der Waals surface area (Å²) in [6.45, 7) is 4.18. The van der Waals surface area contributed by atoms with Gasteiger partial charge in [-0.05, 0) is 30.5 Å². The zero-order valence-electron chi connectivity index (χ0n) is 16.3. The molecule has 146 valence electrons. The van der Waals surface area contributed by atoms with Gasteiger partial charge >= 0.3 is 0 Å². The Bertz CT molecular complexity index is 1090. The van der Waals surface area contributed by atoms with E-state index in [-0.39, 0.29) is 11.9 Å². The van der Waals surface area contributed by atoms with Gasteiger partial charge in [-0.2, -0.15) is 0 Å². The number of aromatic nitrogens is 2. The number of carbonyl (C=O) groups excluding carboxylic acids is 1. The predicted octanol–water partition coefficient (Wildman–Crippen LogP) is 5.31. The maximum atomic E-state index is 12.8. The van der Waals surface area contributed by atoms with E-state index in [1.54, 1.807) is 17.7 Å². The Morgan fingerprint density at radius 1 is 1.00 bits per heavy atom. The lowest BCUT2D eigenvalue weighted by atomic mass is 9.99. The zero-order valence-corrected chi connectivity index (χ0v) is 17.9. The van der Waals surface area contributed by atoms with Gasteiger partial charge in [-0.15, -0.1) is 11.3 Å². The van der Waals surface area contributed by atoms with Gasteiger partial charge in [0, 0.05) is 10.3 Å². The Hall–Kier alpha value is -2.70. The lowest BCUT2D eigenvalue weighted by Gasteiger charge is -2.20. The second-order valence-corrected chi connectivity index (χ2v) is 8.92. The van der Waals surface area contributed by atoms with E-state index in [0.717, 1.165) is 26.4 Å². The number of carbonyl (C=O) groups is 1. The van der Waals surface area contributed by atoms with Crippen LogP contribution in [0.25, 0.3) is 10.2 Å². The average molecular weight is 420 g/mol. The van der Waals surface area contributed by atoms with Crippen LogP contribution in [0, 0.1) is 13.8 Å². The van der Waals surface area contributed by atoms with Crippen molar-refractivity contribution in [2.24, 2.45) is 0 Å². The Labute approximate surface area is 178 Å². The van der Waals surface area contributed by atoms with Crippen molar-refractivity contribution in [1.29, 1.82) is 0 Å². The number of hydrogen-bond donors (Lipinski definition) is 1. The third-order valence-electron chi connectivity index (χ3n) is 4.84. The molecule has 2 heterocycles. The molecule has 0 spiro atoms. The highest BCUT2D eigenvalue weighted by molar-refractivity contribution is 8.00. The lowest BCUT2D eigenvalue weighted by Crippen LogP contribution is -2.30. The quantitative estimate of drug-likeness (QED) is 0.340. The molecule has 0 aliphatic rings. The first-order chi connectivity index (χ1) is 14.1. The average Bonchev–Trinajstić information content (AvgIpc) is 3.06. The molecule has 0 fully saturated rings. The van der Waals surface area contributed by atoms with Crippen molar-refractivity contribution in [1.82, 2.24) is 15.3 Å². The molecule has 0 aliphatic carbocycles. The van der Waals surface area contributed by atoms with Gasteiger partial charge in [-0.25, -0.2) is 9.97 Å². The first kappa shape index (κ1) is 19.6. The minimum Gasteiger partial charge on any atom is -0.344 e. The van der Waals surface area contributed by atoms with Crippen LogP contribution in [-0.2, 0) is 4.79 Å². The van der Waals surface area contributed by atoms with Crippen LogP contribution in [0.1, 0.15) is 27.6 Å². The van der Waals surface area contributed by atoms with Crippen molar-refractivity contribution in [3.63, 3.8) is 0 Å². The molecule has 0 radical (unpaired) electrons. The number of nitrogens with one attached hydrogen (secondary N) is 1. The highest BCUT2D eigenvalue weighted by Gasteiger charge is 2.18. The third-order valence-corrected chi connectivity index (χ3v) is 6.95. The van der Waals surface area contributed by atoms with Crippen molar-refractivity contribution in [3.05, 3.63) is 88.6 Å². The maximum Gasteiger partial charge on any atom is 0.231 e. The molecule has 2 aromatic carbocycles. The van der Waals surface area contributed by atoms with Gasteiger partial charge in [0.05, 0.1) is 11.8 Å². The summed E-state index contributed by atoms with van der Waals surface area (Å²) < 4.78 is 0. The highest BCUT2D eigenvalue weighted by Crippen LogP contribution is 2.34. The normalized spacial score (nSPS) is 11.1. The Balaban J connectivity index is 1.52. The topological polar surface area (TPSA) is 54.9 Å². The van der Waals surface area contributed by atoms with Crippen molar-refractivity contribution in [3.8, 4) is 0 Å². The summed E-state index contributed by atoms with van der Waals surface area (Å²) in [6, 6.07) is 19.9. The van der Waals surface area contributed by atoms with E-state index < -0.39 is 0 Å². The summed E-state index contributed by atoms with van der Waals surface area (Å²) in [7, 11) is 0. The fraction of sp³-hybridized carbons (Fsp3) is 0.174. The molecule has 0 atom stereocenters. The summed E-state index contributed by atoms with van der Waals surface area (Å²) in [5, 5.41) is 5.12. The van der Waals surface area contributed by atoms with Crippen LogP contribution in [0.4, 0.5) is 0 Å². The van der Waals surface area contributed by atoms with Crippen LogP contribution in [0.5, 0.6) is 0 Å². The molecule has 0 aliphatic heterocycles. The molecule has 1 N–H and O–H groups in total. The van der Waals surface area contributed by atoms with Gasteiger partial charge in [0.2, 0.25) is 5.91 Å². The van der Waals surface area contributed by atoms with Crippen molar-refractivity contribution in [2.45, 2.75) is 24.9 Å². The van der Waals surface area contributed by atoms with Crippen LogP contribution in [0.3, 0.4) is 0 Å². The molecular formula is C23H21N3OS2. The SMILES string of the molecule is Cc1sc2ncnc(SCC(=O)NC(c3ccccc3)c3ccccc3)c2c1C. The number of thiophene rings is 1. The van der Waals surface area contributed by atoms with Crippen LogP contribution in [0.2, 0.25) is 0 Å². The summed E-state index contributed by atoms with van der Waals surface area (Å²) >= 11 is 3.13. The summed E-state index contributed by atoms with van der Waals surface area (Å²) in [5.74, 6) is 0.278. The molecule has 4 rings (SSSR count). The number of thioether (sulfide) groups is 1. The first-order valence-electron chi connectivity index (χ1n) is 9.36. The predicted molar refractivity (Wildman–Crippen MR) is 120 cm³/mol. The van der Waals surface area contributed by atoms with E-state index in [2.05, 4.69) is 29.1 Å². The number of nitrogens with zero attached hydrogens (tertiary/aromatic N) is 2. The molecule has 29 heavy (non-hydrogen) atoms. The van der Waals surface area contributed by atoms with Crippen LogP contribution >= 0.6 is 23.1 Å². The van der Waals surface area contributed by atoms with E-state index in [9.17, 15) is 4.79 Å². The summed E-state index contributed by atoms with van der Waals surface area (Å²) in [6.07, 6.45) is 1.58. The molecule has 1 amide bonds. The fourth-order valence-electron chi connectivity index (χ4n) is 3.25. The molecule has 6 heteroatoms.